The van der Waals surface area contributed by atoms with Crippen LogP contribution < -0.4 is 0 Å². The highest BCUT2D eigenvalue weighted by Gasteiger charge is 2.37. The molecule has 18 heavy (non-hydrogen) atoms. The summed E-state index contributed by atoms with van der Waals surface area (Å²) in [5.41, 5.74) is -1.79. The van der Waals surface area contributed by atoms with E-state index in [1.165, 1.54) is 6.92 Å². The van der Waals surface area contributed by atoms with Crippen molar-refractivity contribution < 1.29 is 26.6 Å². The number of alkyl halides is 3. The molecule has 0 N–H and O–H groups in total. The van der Waals surface area contributed by atoms with Crippen molar-refractivity contribution in [3.8, 4) is 0 Å². The number of carbonyl (C=O) groups is 1. The first-order valence-electron chi connectivity index (χ1n) is 4.99. The van der Waals surface area contributed by atoms with Crippen LogP contribution in [0, 0.1) is 5.82 Å². The maximum absolute atomic E-state index is 13.8. The molecule has 0 spiro atoms. The summed E-state index contributed by atoms with van der Waals surface area (Å²) in [4.78, 5) is 10.1. The summed E-state index contributed by atoms with van der Waals surface area (Å²) in [5, 5.41) is 0. The molecular formula is C11H10F4O2S. The summed E-state index contributed by atoms with van der Waals surface area (Å²) in [5.74, 6) is -2.23. The van der Waals surface area contributed by atoms with Crippen molar-refractivity contribution >= 4 is 16.6 Å². The summed E-state index contributed by atoms with van der Waals surface area (Å²) in [6, 6.07) is 1.35. The Morgan fingerprint density at radius 1 is 1.33 bits per heavy atom. The highest BCUT2D eigenvalue weighted by molar-refractivity contribution is 7.85. The monoisotopic (exact) mass is 282 g/mol. The molecule has 1 aromatic rings. The van der Waals surface area contributed by atoms with Crippen molar-refractivity contribution in [3.63, 3.8) is 0 Å². The van der Waals surface area contributed by atoms with Gasteiger partial charge in [0.15, 0.2) is 11.6 Å². The fraction of sp³-hybridized carbons (Fsp3) is 0.364. The van der Waals surface area contributed by atoms with Crippen molar-refractivity contribution in [2.75, 3.05) is 5.75 Å². The summed E-state index contributed by atoms with van der Waals surface area (Å²) < 4.78 is 63.4. The molecule has 0 aliphatic carbocycles. The minimum absolute atomic E-state index is 0.165. The average molecular weight is 282 g/mol. The quantitative estimate of drug-likeness (QED) is 0.630. The zero-order valence-corrected chi connectivity index (χ0v) is 10.4. The van der Waals surface area contributed by atoms with E-state index < -0.39 is 44.6 Å². The van der Waals surface area contributed by atoms with Gasteiger partial charge in [-0.15, -0.1) is 0 Å². The fourth-order valence-corrected chi connectivity index (χ4v) is 2.45. The van der Waals surface area contributed by atoms with E-state index in [0.717, 1.165) is 13.0 Å². The van der Waals surface area contributed by atoms with Crippen LogP contribution >= 0.6 is 0 Å². The zero-order chi connectivity index (χ0) is 14.1. The molecule has 0 aliphatic rings. The van der Waals surface area contributed by atoms with Crippen LogP contribution in [0.15, 0.2) is 17.0 Å². The van der Waals surface area contributed by atoms with E-state index in [4.69, 9.17) is 0 Å². The van der Waals surface area contributed by atoms with Crippen molar-refractivity contribution in [2.45, 2.75) is 24.9 Å². The maximum Gasteiger partial charge on any atom is 0.417 e. The van der Waals surface area contributed by atoms with Crippen LogP contribution in [0.2, 0.25) is 0 Å². The Balaban J connectivity index is 3.62. The van der Waals surface area contributed by atoms with Gasteiger partial charge in [0.05, 0.1) is 26.8 Å². The Morgan fingerprint density at radius 3 is 2.28 bits per heavy atom. The van der Waals surface area contributed by atoms with Gasteiger partial charge >= 0.3 is 6.18 Å². The van der Waals surface area contributed by atoms with Gasteiger partial charge in [-0.3, -0.25) is 9.00 Å². The van der Waals surface area contributed by atoms with Crippen LogP contribution in [0.25, 0.3) is 0 Å². The topological polar surface area (TPSA) is 34.1 Å². The first kappa shape index (κ1) is 14.8. The van der Waals surface area contributed by atoms with Gasteiger partial charge in [0.1, 0.15) is 0 Å². The lowest BCUT2D eigenvalue weighted by atomic mass is 10.1. The van der Waals surface area contributed by atoms with Crippen LogP contribution in [-0.4, -0.2) is 15.7 Å². The zero-order valence-electron chi connectivity index (χ0n) is 9.60. The molecule has 0 aliphatic heterocycles. The lowest BCUT2D eigenvalue weighted by molar-refractivity contribution is -0.140. The van der Waals surface area contributed by atoms with Crippen LogP contribution in [0.4, 0.5) is 17.6 Å². The predicted molar refractivity (Wildman–Crippen MR) is 58.4 cm³/mol. The van der Waals surface area contributed by atoms with Crippen LogP contribution in [0.3, 0.4) is 0 Å². The molecule has 100 valence electrons. The molecule has 0 saturated carbocycles. The number of halogens is 4. The molecule has 1 unspecified atom stereocenters. The molecule has 1 atom stereocenters. The van der Waals surface area contributed by atoms with E-state index in [0.29, 0.717) is 6.07 Å². The van der Waals surface area contributed by atoms with Crippen LogP contribution in [0.1, 0.15) is 29.8 Å². The molecule has 0 radical (unpaired) electrons. The molecule has 0 aromatic heterocycles. The molecule has 0 saturated heterocycles. The van der Waals surface area contributed by atoms with Crippen molar-refractivity contribution in [1.82, 2.24) is 0 Å². The first-order chi connectivity index (χ1) is 8.20. The first-order valence-corrected chi connectivity index (χ1v) is 6.31. The largest absolute Gasteiger partial charge is 0.417 e. The molecule has 0 bridgehead atoms. The van der Waals surface area contributed by atoms with E-state index >= 15 is 0 Å². The minimum Gasteiger partial charge on any atom is -0.294 e. The van der Waals surface area contributed by atoms with Gasteiger partial charge < -0.3 is 0 Å². The van der Waals surface area contributed by atoms with Crippen molar-refractivity contribution in [2.24, 2.45) is 0 Å². The number of rotatable bonds is 3. The van der Waals surface area contributed by atoms with E-state index in [9.17, 15) is 26.6 Å². The van der Waals surface area contributed by atoms with E-state index in [2.05, 4.69) is 0 Å². The Labute approximate surface area is 103 Å². The third kappa shape index (κ3) is 2.77. The molecule has 0 amide bonds. The Morgan fingerprint density at radius 2 is 1.89 bits per heavy atom. The van der Waals surface area contributed by atoms with E-state index in [1.807, 2.05) is 0 Å². The van der Waals surface area contributed by atoms with Gasteiger partial charge in [-0.1, -0.05) is 6.92 Å². The standard InChI is InChI=1S/C11H10F4O2S/c1-3-18(17)10-8(11(13,14)15)5-4-7(6(2)16)9(10)12/h4-5H,3H2,1-2H3. The molecule has 1 rings (SSSR count). The van der Waals surface area contributed by atoms with Gasteiger partial charge in [-0.05, 0) is 19.1 Å². The number of Topliss-reactive ketones (excluding diaryl/α,β-unsaturated/α-hetero) is 1. The van der Waals surface area contributed by atoms with Gasteiger partial charge in [-0.2, -0.15) is 13.2 Å². The fourth-order valence-electron chi connectivity index (χ4n) is 1.42. The molecule has 0 heterocycles. The Bertz CT molecular complexity index is 509. The molecule has 7 heteroatoms. The maximum atomic E-state index is 13.8. The highest BCUT2D eigenvalue weighted by Crippen LogP contribution is 2.35. The van der Waals surface area contributed by atoms with Gasteiger partial charge in [0.25, 0.3) is 0 Å². The van der Waals surface area contributed by atoms with Gasteiger partial charge in [0.2, 0.25) is 0 Å². The van der Waals surface area contributed by atoms with Gasteiger partial charge in [0, 0.05) is 5.75 Å². The lowest BCUT2D eigenvalue weighted by Crippen LogP contribution is -2.15. The van der Waals surface area contributed by atoms with Gasteiger partial charge in [-0.25, -0.2) is 4.39 Å². The molecule has 0 fully saturated rings. The second kappa shape index (κ2) is 5.17. The summed E-state index contributed by atoms with van der Waals surface area (Å²) >= 11 is 0. The number of benzene rings is 1. The molecule has 1 aromatic carbocycles. The SMILES string of the molecule is CCS(=O)c1c(C(F)(F)F)ccc(C(C)=O)c1F. The summed E-state index contributed by atoms with van der Waals surface area (Å²) in [7, 11) is -2.13. The third-order valence-electron chi connectivity index (χ3n) is 2.27. The molecule has 2 nitrogen and oxygen atoms in total. The highest BCUT2D eigenvalue weighted by atomic mass is 32.2. The Hall–Kier alpha value is -1.24. The Kier molecular flexibility index (Phi) is 4.26. The normalized spacial score (nSPS) is 13.4. The minimum atomic E-state index is -4.81. The van der Waals surface area contributed by atoms with Crippen molar-refractivity contribution in [1.29, 1.82) is 0 Å². The van der Waals surface area contributed by atoms with Crippen LogP contribution in [0.5, 0.6) is 0 Å². The predicted octanol–water partition coefficient (Wildman–Crippen LogP) is 3.17. The van der Waals surface area contributed by atoms with E-state index in [-0.39, 0.29) is 5.75 Å². The second-order valence-electron chi connectivity index (χ2n) is 3.49. The summed E-state index contributed by atoms with van der Waals surface area (Å²) in [6.07, 6.45) is -4.81. The number of ketones is 1. The lowest BCUT2D eigenvalue weighted by Gasteiger charge is -2.14. The number of hydrogen-bond donors (Lipinski definition) is 0. The summed E-state index contributed by atoms with van der Waals surface area (Å²) in [6.45, 7) is 2.40. The number of hydrogen-bond acceptors (Lipinski definition) is 2. The smallest absolute Gasteiger partial charge is 0.294 e. The average Bonchev–Trinajstić information content (AvgIpc) is 2.25. The van der Waals surface area contributed by atoms with Crippen LogP contribution in [-0.2, 0) is 17.0 Å². The van der Waals surface area contributed by atoms with E-state index in [1.54, 1.807) is 0 Å². The molecular weight excluding hydrogens is 272 g/mol. The van der Waals surface area contributed by atoms with Crippen molar-refractivity contribution in [3.05, 3.63) is 29.1 Å². The third-order valence-corrected chi connectivity index (χ3v) is 3.65. The number of carbonyl (C=O) groups excluding carboxylic acids is 1. The second-order valence-corrected chi connectivity index (χ2v) is 5.17.